The fourth-order valence-corrected chi connectivity index (χ4v) is 5.93. The molecule has 0 saturated carbocycles. The molecule has 0 spiro atoms. The highest BCUT2D eigenvalue weighted by Crippen LogP contribution is 2.53. The highest BCUT2D eigenvalue weighted by atomic mass is 16.4. The monoisotopic (exact) mass is 540 g/mol. The second kappa shape index (κ2) is 17.9. The molecule has 39 heavy (non-hydrogen) atoms. The molecule has 0 atom stereocenters. The zero-order valence-corrected chi connectivity index (χ0v) is 24.1. The van der Waals surface area contributed by atoms with E-state index in [1.54, 1.807) is 12.1 Å². The van der Waals surface area contributed by atoms with E-state index in [0.29, 0.717) is 10.9 Å². The quantitative estimate of drug-likeness (QED) is 0.134. The number of benzene rings is 2. The molecule has 2 aromatic carbocycles. The number of hydrogen-bond acceptors (Lipinski definition) is 6. The summed E-state index contributed by atoms with van der Waals surface area (Å²) in [4.78, 5) is 0. The van der Waals surface area contributed by atoms with Crippen molar-refractivity contribution in [3.63, 3.8) is 0 Å². The molecule has 2 aromatic rings. The highest BCUT2D eigenvalue weighted by Gasteiger charge is 2.43. The summed E-state index contributed by atoms with van der Waals surface area (Å²) in [6, 6.07) is 11.6. The largest absolute Gasteiger partial charge is 0.488 e. The lowest BCUT2D eigenvalue weighted by atomic mass is 9.67. The van der Waals surface area contributed by atoms with Gasteiger partial charge >= 0.3 is 14.2 Å². The van der Waals surface area contributed by atoms with Crippen molar-refractivity contribution in [2.45, 2.75) is 109 Å². The molecule has 0 aliphatic heterocycles. The summed E-state index contributed by atoms with van der Waals surface area (Å²) in [7, 11) is -3.00. The lowest BCUT2D eigenvalue weighted by molar-refractivity contribution is 0.186. The number of rotatable bonds is 17. The summed E-state index contributed by atoms with van der Waals surface area (Å²) in [5.41, 5.74) is 5.43. The summed E-state index contributed by atoms with van der Waals surface area (Å²) in [5.74, 6) is 0. The normalized spacial score (nSPS) is 12.9. The average molecular weight is 540 g/mol. The molecule has 3 rings (SSSR count). The fraction of sp³-hybridized carbons (Fsp3) is 0.613. The molecule has 0 saturated heterocycles. The molecule has 6 N–H and O–H groups in total. The van der Waals surface area contributed by atoms with Gasteiger partial charge in [-0.1, -0.05) is 127 Å². The number of hydrogen-bond donors (Lipinski definition) is 6. The Hall–Kier alpha value is -1.67. The van der Waals surface area contributed by atoms with Crippen LogP contribution in [0.2, 0.25) is 0 Å². The standard InChI is InChI=1S/C29H44B2O4.C2H6O2/c1-3-5-7-9-11-13-19-29(20-14-12-10-8-6-4-2)27-21-23(30(32)33)15-17-25(27)26-18-16-24(31(34)35)22-28(26)29;3-1-2-4/h15-18,21-22,32-35H,3-14,19-20H2,1-2H3;3-4H,1-2H2. The second-order valence-corrected chi connectivity index (χ2v) is 10.9. The third kappa shape index (κ3) is 9.44. The minimum Gasteiger partial charge on any atom is -0.423 e. The maximum absolute atomic E-state index is 9.94. The Bertz CT molecular complexity index is 889. The van der Waals surface area contributed by atoms with Crippen LogP contribution in [0.3, 0.4) is 0 Å². The van der Waals surface area contributed by atoms with E-state index < -0.39 is 14.2 Å². The van der Waals surface area contributed by atoms with Gasteiger partial charge in [-0.05, 0) is 46.0 Å². The third-order valence-electron chi connectivity index (χ3n) is 8.02. The van der Waals surface area contributed by atoms with Crippen LogP contribution in [0, 0.1) is 0 Å². The van der Waals surface area contributed by atoms with Gasteiger partial charge in [-0.3, -0.25) is 0 Å². The second-order valence-electron chi connectivity index (χ2n) is 10.9. The topological polar surface area (TPSA) is 121 Å². The number of aliphatic hydroxyl groups excluding tert-OH is 2. The van der Waals surface area contributed by atoms with E-state index in [0.717, 1.165) is 36.8 Å². The molecule has 0 bridgehead atoms. The van der Waals surface area contributed by atoms with Crippen molar-refractivity contribution in [2.24, 2.45) is 0 Å². The van der Waals surface area contributed by atoms with Crippen LogP contribution in [-0.2, 0) is 5.41 Å². The van der Waals surface area contributed by atoms with Crippen LogP contribution in [0.25, 0.3) is 11.1 Å². The zero-order valence-electron chi connectivity index (χ0n) is 24.1. The minimum atomic E-state index is -1.50. The molecule has 0 amide bonds. The van der Waals surface area contributed by atoms with Gasteiger partial charge < -0.3 is 30.3 Å². The SMILES string of the molecule is CCCCCCCCC1(CCCCCCCC)c2cc(B(O)O)ccc2-c2ccc(B(O)O)cc21.OCCO. The highest BCUT2D eigenvalue weighted by molar-refractivity contribution is 6.59. The van der Waals surface area contributed by atoms with Crippen molar-refractivity contribution in [3.8, 4) is 11.1 Å². The summed E-state index contributed by atoms with van der Waals surface area (Å²) in [5, 5.41) is 55.0. The van der Waals surface area contributed by atoms with Crippen LogP contribution in [0.4, 0.5) is 0 Å². The van der Waals surface area contributed by atoms with E-state index in [-0.39, 0.29) is 18.6 Å². The van der Waals surface area contributed by atoms with Crippen molar-refractivity contribution in [2.75, 3.05) is 13.2 Å². The van der Waals surface area contributed by atoms with Gasteiger partial charge in [-0.25, -0.2) is 0 Å². The lowest BCUT2D eigenvalue weighted by Crippen LogP contribution is -2.34. The van der Waals surface area contributed by atoms with Gasteiger partial charge in [0, 0.05) is 5.41 Å². The summed E-state index contributed by atoms with van der Waals surface area (Å²) >= 11 is 0. The maximum Gasteiger partial charge on any atom is 0.488 e. The van der Waals surface area contributed by atoms with Gasteiger partial charge in [-0.15, -0.1) is 0 Å². The van der Waals surface area contributed by atoms with E-state index >= 15 is 0 Å². The van der Waals surface area contributed by atoms with Crippen LogP contribution >= 0.6 is 0 Å². The molecular weight excluding hydrogens is 490 g/mol. The van der Waals surface area contributed by atoms with Crippen molar-refractivity contribution in [3.05, 3.63) is 47.5 Å². The Balaban J connectivity index is 0.00000124. The predicted octanol–water partition coefficient (Wildman–Crippen LogP) is 3.78. The van der Waals surface area contributed by atoms with Gasteiger partial charge in [0.15, 0.2) is 0 Å². The van der Waals surface area contributed by atoms with E-state index in [1.165, 1.54) is 75.3 Å². The molecular formula is C31H50B2O6. The van der Waals surface area contributed by atoms with Gasteiger partial charge in [0.2, 0.25) is 0 Å². The number of aliphatic hydroxyl groups is 2. The molecule has 1 aliphatic carbocycles. The van der Waals surface area contributed by atoms with Crippen LogP contribution in [-0.4, -0.2) is 57.8 Å². The first-order valence-corrected chi connectivity index (χ1v) is 15.1. The molecule has 216 valence electrons. The first-order valence-electron chi connectivity index (χ1n) is 15.1. The van der Waals surface area contributed by atoms with Crippen molar-refractivity contribution >= 4 is 25.2 Å². The third-order valence-corrected chi connectivity index (χ3v) is 8.02. The molecule has 1 aliphatic rings. The van der Waals surface area contributed by atoms with E-state index in [4.69, 9.17) is 10.2 Å². The average Bonchev–Trinajstić information content (AvgIpc) is 3.21. The predicted molar refractivity (Wildman–Crippen MR) is 162 cm³/mol. The molecule has 0 heterocycles. The molecule has 0 unspecified atom stereocenters. The Morgan fingerprint density at radius 3 is 1.23 bits per heavy atom. The Morgan fingerprint density at radius 2 is 0.897 bits per heavy atom. The zero-order chi connectivity index (χ0) is 28.7. The molecule has 6 nitrogen and oxygen atoms in total. The molecule has 0 radical (unpaired) electrons. The summed E-state index contributed by atoms with van der Waals surface area (Å²) < 4.78 is 0. The van der Waals surface area contributed by atoms with E-state index in [2.05, 4.69) is 13.8 Å². The van der Waals surface area contributed by atoms with Gasteiger partial charge in [0.1, 0.15) is 0 Å². The van der Waals surface area contributed by atoms with Gasteiger partial charge in [-0.2, -0.15) is 0 Å². The summed E-state index contributed by atoms with van der Waals surface area (Å²) in [6.45, 7) is 4.23. The fourth-order valence-electron chi connectivity index (χ4n) is 5.93. The Morgan fingerprint density at radius 1 is 0.538 bits per heavy atom. The van der Waals surface area contributed by atoms with E-state index in [9.17, 15) is 20.1 Å². The van der Waals surface area contributed by atoms with Crippen LogP contribution in [0.5, 0.6) is 0 Å². The lowest BCUT2D eigenvalue weighted by Gasteiger charge is -2.33. The first-order chi connectivity index (χ1) is 18.9. The van der Waals surface area contributed by atoms with Crippen LogP contribution < -0.4 is 10.9 Å². The first kappa shape index (κ1) is 33.5. The molecule has 0 aromatic heterocycles. The Labute approximate surface area is 236 Å². The Kier molecular flexibility index (Phi) is 15.4. The minimum absolute atomic E-state index is 0.125. The van der Waals surface area contributed by atoms with Gasteiger partial charge in [0.05, 0.1) is 13.2 Å². The smallest absolute Gasteiger partial charge is 0.423 e. The molecule has 0 fully saturated rings. The summed E-state index contributed by atoms with van der Waals surface area (Å²) in [6.07, 6.45) is 16.6. The van der Waals surface area contributed by atoms with Crippen molar-refractivity contribution in [1.82, 2.24) is 0 Å². The number of fused-ring (bicyclic) bond motifs is 3. The number of unbranched alkanes of at least 4 members (excludes halogenated alkanes) is 10. The van der Waals surface area contributed by atoms with Crippen LogP contribution in [0.15, 0.2) is 36.4 Å². The van der Waals surface area contributed by atoms with Crippen LogP contribution in [0.1, 0.15) is 115 Å². The van der Waals surface area contributed by atoms with Crippen molar-refractivity contribution < 1.29 is 30.3 Å². The van der Waals surface area contributed by atoms with Crippen molar-refractivity contribution in [1.29, 1.82) is 0 Å². The molecule has 8 heteroatoms. The van der Waals surface area contributed by atoms with E-state index in [1.807, 2.05) is 24.3 Å². The van der Waals surface area contributed by atoms with Gasteiger partial charge in [0.25, 0.3) is 0 Å². The maximum atomic E-state index is 9.94.